The first kappa shape index (κ1) is 17.8. The molecule has 0 aromatic heterocycles. The molecule has 0 heterocycles. The van der Waals surface area contributed by atoms with Crippen molar-refractivity contribution in [2.45, 2.75) is 19.9 Å². The van der Waals surface area contributed by atoms with Gasteiger partial charge in [-0.2, -0.15) is 0 Å². The van der Waals surface area contributed by atoms with Crippen LogP contribution in [0.25, 0.3) is 0 Å². The Morgan fingerprint density at radius 3 is 2.26 bits per heavy atom. The summed E-state index contributed by atoms with van der Waals surface area (Å²) in [6, 6.07) is -0.272. The molecule has 0 aliphatic carbocycles. The first-order valence-electron chi connectivity index (χ1n) is 5.78. The van der Waals surface area contributed by atoms with Crippen molar-refractivity contribution in [3.63, 3.8) is 0 Å². The Kier molecular flexibility index (Phi) is 7.62. The van der Waals surface area contributed by atoms with Gasteiger partial charge >= 0.3 is 5.97 Å². The van der Waals surface area contributed by atoms with E-state index in [-0.39, 0.29) is 6.04 Å². The Bertz CT molecular complexity index is 405. The Morgan fingerprint density at radius 2 is 1.79 bits per heavy atom. The zero-order chi connectivity index (χ0) is 15.1. The summed E-state index contributed by atoms with van der Waals surface area (Å²) in [7, 11) is -0.981. The van der Waals surface area contributed by atoms with Gasteiger partial charge in [0, 0.05) is 13.2 Å². The molecule has 8 heteroatoms. The van der Waals surface area contributed by atoms with Crippen LogP contribution in [0.2, 0.25) is 0 Å². The van der Waals surface area contributed by atoms with Crippen LogP contribution in [0, 0.1) is 5.92 Å². The van der Waals surface area contributed by atoms with Gasteiger partial charge in [-0.3, -0.25) is 9.59 Å². The Balaban J connectivity index is 4.37. The van der Waals surface area contributed by atoms with Crippen molar-refractivity contribution in [1.82, 2.24) is 5.32 Å². The van der Waals surface area contributed by atoms with E-state index in [0.717, 1.165) is 0 Å². The second kappa shape index (κ2) is 8.11. The molecule has 1 amide bonds. The van der Waals surface area contributed by atoms with Crippen molar-refractivity contribution in [2.24, 2.45) is 5.92 Å². The van der Waals surface area contributed by atoms with E-state index in [0.29, 0.717) is 6.61 Å². The summed E-state index contributed by atoms with van der Waals surface area (Å²) in [6.07, 6.45) is 0. The fraction of sp³-hybridized carbons (Fsp3) is 0.818. The molecule has 2 atom stereocenters. The molecule has 7 nitrogen and oxygen atoms in total. The van der Waals surface area contributed by atoms with Crippen molar-refractivity contribution in [1.29, 1.82) is 0 Å². The fourth-order valence-electron chi connectivity index (χ4n) is 1.52. The van der Waals surface area contributed by atoms with Gasteiger partial charge in [0.15, 0.2) is 9.84 Å². The summed E-state index contributed by atoms with van der Waals surface area (Å²) >= 11 is 0. The smallest absolute Gasteiger partial charge is 0.309 e. The predicted octanol–water partition coefficient (Wildman–Crippen LogP) is -0.639. The van der Waals surface area contributed by atoms with Crippen LogP contribution >= 0.6 is 0 Å². The normalized spacial score (nSPS) is 14.5. The molecule has 0 aromatic carbocycles. The molecule has 0 saturated heterocycles. The van der Waals surface area contributed by atoms with E-state index < -0.39 is 39.1 Å². The highest BCUT2D eigenvalue weighted by Gasteiger charge is 2.25. The first-order valence-corrected chi connectivity index (χ1v) is 7.60. The lowest BCUT2D eigenvalue weighted by Gasteiger charge is -2.13. The van der Waals surface area contributed by atoms with E-state index in [4.69, 9.17) is 4.74 Å². The number of methoxy groups -OCH3 is 2. The van der Waals surface area contributed by atoms with Crippen molar-refractivity contribution in [2.75, 3.05) is 32.3 Å². The number of carbonyl (C=O) groups is 2. The third-order valence-corrected chi connectivity index (χ3v) is 3.99. The molecule has 0 aromatic rings. The molecule has 0 aliphatic heterocycles. The number of carbonyl (C=O) groups excluding carboxylic acids is 2. The quantitative estimate of drug-likeness (QED) is 0.598. The fourth-order valence-corrected chi connectivity index (χ4v) is 3.02. The SMILES string of the molecule is COCC(C)NC(=O)CS(=O)(=O)CC(C)C(=O)OC. The minimum absolute atomic E-state index is 0.272. The number of ether oxygens (including phenoxy) is 2. The van der Waals surface area contributed by atoms with E-state index in [1.165, 1.54) is 21.1 Å². The number of hydrogen-bond acceptors (Lipinski definition) is 6. The van der Waals surface area contributed by atoms with E-state index in [1.54, 1.807) is 6.92 Å². The molecule has 0 spiro atoms. The van der Waals surface area contributed by atoms with E-state index in [2.05, 4.69) is 10.1 Å². The summed E-state index contributed by atoms with van der Waals surface area (Å²) in [4.78, 5) is 22.6. The van der Waals surface area contributed by atoms with Gasteiger partial charge in [-0.25, -0.2) is 8.42 Å². The van der Waals surface area contributed by atoms with Gasteiger partial charge in [-0.05, 0) is 6.92 Å². The average molecular weight is 295 g/mol. The Morgan fingerprint density at radius 1 is 1.21 bits per heavy atom. The van der Waals surface area contributed by atoms with E-state index >= 15 is 0 Å². The third-order valence-electron chi connectivity index (χ3n) is 2.28. The van der Waals surface area contributed by atoms with Gasteiger partial charge in [0.25, 0.3) is 0 Å². The van der Waals surface area contributed by atoms with Crippen LogP contribution in [-0.4, -0.2) is 58.7 Å². The third kappa shape index (κ3) is 7.78. The lowest BCUT2D eigenvalue weighted by atomic mass is 10.2. The van der Waals surface area contributed by atoms with Gasteiger partial charge in [0.05, 0.1) is 25.4 Å². The summed E-state index contributed by atoms with van der Waals surface area (Å²) in [5, 5.41) is 2.49. The summed E-state index contributed by atoms with van der Waals surface area (Å²) in [5.74, 6) is -3.08. The molecule has 1 N–H and O–H groups in total. The van der Waals surface area contributed by atoms with E-state index in [1.807, 2.05) is 0 Å². The second-order valence-electron chi connectivity index (χ2n) is 4.40. The highest BCUT2D eigenvalue weighted by Crippen LogP contribution is 2.04. The average Bonchev–Trinajstić information content (AvgIpc) is 2.26. The van der Waals surface area contributed by atoms with Gasteiger partial charge in [-0.15, -0.1) is 0 Å². The van der Waals surface area contributed by atoms with E-state index in [9.17, 15) is 18.0 Å². The number of rotatable bonds is 8. The largest absolute Gasteiger partial charge is 0.469 e. The lowest BCUT2D eigenvalue weighted by molar-refractivity contribution is -0.144. The van der Waals surface area contributed by atoms with Gasteiger partial charge in [-0.1, -0.05) is 6.92 Å². The Labute approximate surface area is 113 Å². The van der Waals surface area contributed by atoms with Gasteiger partial charge in [0.1, 0.15) is 5.75 Å². The number of nitrogens with one attached hydrogen (secondary N) is 1. The zero-order valence-corrected chi connectivity index (χ0v) is 12.5. The predicted molar refractivity (Wildman–Crippen MR) is 69.3 cm³/mol. The number of esters is 1. The van der Waals surface area contributed by atoms with Crippen molar-refractivity contribution in [3.05, 3.63) is 0 Å². The molecule has 0 bridgehead atoms. The van der Waals surface area contributed by atoms with Crippen LogP contribution in [-0.2, 0) is 28.9 Å². The number of sulfone groups is 1. The molecule has 0 radical (unpaired) electrons. The van der Waals surface area contributed by atoms with Crippen LogP contribution in [0.15, 0.2) is 0 Å². The van der Waals surface area contributed by atoms with Gasteiger partial charge < -0.3 is 14.8 Å². The number of amides is 1. The van der Waals surface area contributed by atoms with Crippen molar-refractivity contribution < 1.29 is 27.5 Å². The highest BCUT2D eigenvalue weighted by molar-refractivity contribution is 7.92. The minimum atomic E-state index is -3.65. The standard InChI is InChI=1S/C11H21NO6S/c1-8(11(14)18-4)6-19(15,16)7-10(13)12-9(2)5-17-3/h8-9H,5-7H2,1-4H3,(H,12,13). The summed E-state index contributed by atoms with van der Waals surface area (Å²) in [6.45, 7) is 3.43. The second-order valence-corrected chi connectivity index (χ2v) is 6.51. The molecule has 0 rings (SSSR count). The molecular formula is C11H21NO6S. The molecule has 0 aliphatic rings. The van der Waals surface area contributed by atoms with Crippen LogP contribution in [0.1, 0.15) is 13.8 Å². The monoisotopic (exact) mass is 295 g/mol. The summed E-state index contributed by atoms with van der Waals surface area (Å²) in [5.41, 5.74) is 0. The summed E-state index contributed by atoms with van der Waals surface area (Å²) < 4.78 is 32.7. The van der Waals surface area contributed by atoms with Crippen LogP contribution in [0.5, 0.6) is 0 Å². The number of hydrogen-bond donors (Lipinski definition) is 1. The minimum Gasteiger partial charge on any atom is -0.469 e. The van der Waals surface area contributed by atoms with Gasteiger partial charge in [0.2, 0.25) is 5.91 Å². The molecule has 2 unspecified atom stereocenters. The molecule has 112 valence electrons. The van der Waals surface area contributed by atoms with Crippen LogP contribution in [0.4, 0.5) is 0 Å². The zero-order valence-electron chi connectivity index (χ0n) is 11.6. The maximum Gasteiger partial charge on any atom is 0.309 e. The lowest BCUT2D eigenvalue weighted by Crippen LogP contribution is -2.40. The van der Waals surface area contributed by atoms with Crippen molar-refractivity contribution in [3.8, 4) is 0 Å². The molecule has 19 heavy (non-hydrogen) atoms. The maximum absolute atomic E-state index is 11.7. The first-order chi connectivity index (χ1) is 8.71. The van der Waals surface area contributed by atoms with Crippen LogP contribution < -0.4 is 5.32 Å². The topological polar surface area (TPSA) is 98.8 Å². The molecule has 0 fully saturated rings. The Hall–Kier alpha value is -1.15. The molecular weight excluding hydrogens is 274 g/mol. The highest BCUT2D eigenvalue weighted by atomic mass is 32.2. The maximum atomic E-state index is 11.7. The van der Waals surface area contributed by atoms with Crippen LogP contribution in [0.3, 0.4) is 0 Å². The van der Waals surface area contributed by atoms with Crippen molar-refractivity contribution >= 4 is 21.7 Å². The molecule has 0 saturated carbocycles.